The van der Waals surface area contributed by atoms with Crippen LogP contribution in [0.25, 0.3) is 0 Å². The molecule has 102 valence electrons. The molecule has 0 saturated heterocycles. The normalized spacial score (nSPS) is 14.0. The van der Waals surface area contributed by atoms with Gasteiger partial charge in [0.05, 0.1) is 0 Å². The van der Waals surface area contributed by atoms with Crippen LogP contribution in [0.5, 0.6) is 0 Å². The van der Waals surface area contributed by atoms with E-state index in [2.05, 4.69) is 25.7 Å². The SMILES string of the molecule is CC(c1ccc(F)cc1Cl)N(C)CC(C)(C)CN. The minimum absolute atomic E-state index is 0.0511. The lowest BCUT2D eigenvalue weighted by Gasteiger charge is -2.33. The molecule has 1 rings (SSSR count). The summed E-state index contributed by atoms with van der Waals surface area (Å²) in [6, 6.07) is 4.67. The average Bonchev–Trinajstić information content (AvgIpc) is 2.27. The fraction of sp³-hybridized carbons (Fsp3) is 0.571. The number of benzene rings is 1. The first-order valence-corrected chi connectivity index (χ1v) is 6.50. The minimum atomic E-state index is -0.305. The molecule has 0 amide bonds. The molecule has 0 aliphatic carbocycles. The molecular formula is C14H22ClFN2. The van der Waals surface area contributed by atoms with Gasteiger partial charge in [0.1, 0.15) is 5.82 Å². The molecule has 0 aromatic heterocycles. The van der Waals surface area contributed by atoms with Gasteiger partial charge in [-0.1, -0.05) is 31.5 Å². The van der Waals surface area contributed by atoms with E-state index in [1.165, 1.54) is 12.1 Å². The molecule has 1 aromatic rings. The number of halogens is 2. The molecule has 0 saturated carbocycles. The zero-order valence-electron chi connectivity index (χ0n) is 11.5. The fourth-order valence-electron chi connectivity index (χ4n) is 1.95. The van der Waals surface area contributed by atoms with Crippen LogP contribution in [0.2, 0.25) is 5.02 Å². The number of nitrogens with zero attached hydrogens (tertiary/aromatic N) is 1. The molecule has 1 atom stereocenters. The van der Waals surface area contributed by atoms with Crippen molar-refractivity contribution >= 4 is 11.6 Å². The molecule has 2 nitrogen and oxygen atoms in total. The molecule has 1 unspecified atom stereocenters. The van der Waals surface area contributed by atoms with Crippen LogP contribution in [0, 0.1) is 11.2 Å². The number of hydrogen-bond acceptors (Lipinski definition) is 2. The first-order valence-electron chi connectivity index (χ1n) is 6.12. The van der Waals surface area contributed by atoms with E-state index in [0.717, 1.165) is 12.1 Å². The van der Waals surface area contributed by atoms with Crippen molar-refractivity contribution in [1.82, 2.24) is 4.90 Å². The summed E-state index contributed by atoms with van der Waals surface area (Å²) >= 11 is 6.08. The van der Waals surface area contributed by atoms with Gasteiger partial charge in [-0.2, -0.15) is 0 Å². The zero-order valence-corrected chi connectivity index (χ0v) is 12.3. The van der Waals surface area contributed by atoms with Gasteiger partial charge in [0.15, 0.2) is 0 Å². The highest BCUT2D eigenvalue weighted by Gasteiger charge is 2.22. The Labute approximate surface area is 114 Å². The van der Waals surface area contributed by atoms with E-state index in [0.29, 0.717) is 11.6 Å². The van der Waals surface area contributed by atoms with Crippen LogP contribution in [-0.2, 0) is 0 Å². The van der Waals surface area contributed by atoms with Crippen molar-refractivity contribution in [2.45, 2.75) is 26.8 Å². The van der Waals surface area contributed by atoms with Crippen LogP contribution in [0.3, 0.4) is 0 Å². The second kappa shape index (κ2) is 6.00. The van der Waals surface area contributed by atoms with Crippen LogP contribution in [0.4, 0.5) is 4.39 Å². The predicted octanol–water partition coefficient (Wildman–Crippen LogP) is 3.46. The van der Waals surface area contributed by atoms with Crippen molar-refractivity contribution in [3.05, 3.63) is 34.6 Å². The highest BCUT2D eigenvalue weighted by molar-refractivity contribution is 6.31. The Balaban J connectivity index is 2.83. The summed E-state index contributed by atoms with van der Waals surface area (Å²) in [6.45, 7) is 7.80. The molecule has 0 spiro atoms. The zero-order chi connectivity index (χ0) is 13.9. The molecule has 0 fully saturated rings. The molecule has 18 heavy (non-hydrogen) atoms. The van der Waals surface area contributed by atoms with Crippen LogP contribution >= 0.6 is 11.6 Å². The molecule has 2 N–H and O–H groups in total. The van der Waals surface area contributed by atoms with Crippen LogP contribution < -0.4 is 5.73 Å². The summed E-state index contributed by atoms with van der Waals surface area (Å²) in [5, 5.41) is 0.472. The smallest absolute Gasteiger partial charge is 0.124 e. The molecule has 0 aliphatic heterocycles. The van der Waals surface area contributed by atoms with Crippen molar-refractivity contribution in [3.8, 4) is 0 Å². The quantitative estimate of drug-likeness (QED) is 0.889. The van der Waals surface area contributed by atoms with Gasteiger partial charge in [0.2, 0.25) is 0 Å². The van der Waals surface area contributed by atoms with Crippen molar-refractivity contribution in [3.63, 3.8) is 0 Å². The predicted molar refractivity (Wildman–Crippen MR) is 75.3 cm³/mol. The van der Waals surface area contributed by atoms with E-state index in [1.54, 1.807) is 6.07 Å². The third-order valence-corrected chi connectivity index (χ3v) is 3.63. The summed E-state index contributed by atoms with van der Waals surface area (Å²) in [6.07, 6.45) is 0. The molecule has 0 heterocycles. The molecular weight excluding hydrogens is 251 g/mol. The Morgan fingerprint density at radius 3 is 2.56 bits per heavy atom. The Morgan fingerprint density at radius 2 is 2.06 bits per heavy atom. The van der Waals surface area contributed by atoms with E-state index in [1.807, 2.05) is 7.05 Å². The Kier molecular flexibility index (Phi) is 5.14. The molecule has 0 bridgehead atoms. The van der Waals surface area contributed by atoms with Crippen molar-refractivity contribution in [2.24, 2.45) is 11.1 Å². The molecule has 4 heteroatoms. The second-order valence-corrected chi connectivity index (χ2v) is 6.03. The van der Waals surface area contributed by atoms with Crippen LogP contribution in [0.1, 0.15) is 32.4 Å². The van der Waals surface area contributed by atoms with Crippen molar-refractivity contribution in [1.29, 1.82) is 0 Å². The maximum atomic E-state index is 13.0. The first kappa shape index (κ1) is 15.4. The third kappa shape index (κ3) is 3.94. The van der Waals surface area contributed by atoms with Gasteiger partial charge < -0.3 is 5.73 Å². The topological polar surface area (TPSA) is 29.3 Å². The van der Waals surface area contributed by atoms with E-state index >= 15 is 0 Å². The van der Waals surface area contributed by atoms with E-state index in [9.17, 15) is 4.39 Å². The largest absolute Gasteiger partial charge is 0.330 e. The van der Waals surface area contributed by atoms with Gasteiger partial charge in [0.25, 0.3) is 0 Å². The monoisotopic (exact) mass is 272 g/mol. The second-order valence-electron chi connectivity index (χ2n) is 5.63. The summed E-state index contributed by atoms with van der Waals surface area (Å²) in [4.78, 5) is 2.19. The highest BCUT2D eigenvalue weighted by Crippen LogP contribution is 2.29. The van der Waals surface area contributed by atoms with Crippen LogP contribution in [-0.4, -0.2) is 25.0 Å². The standard InChI is InChI=1S/C14H22ClFN2/c1-10(18(4)9-14(2,3)8-17)12-6-5-11(16)7-13(12)15/h5-7,10H,8-9,17H2,1-4H3. The maximum absolute atomic E-state index is 13.0. The van der Waals surface area contributed by atoms with Crippen molar-refractivity contribution in [2.75, 3.05) is 20.1 Å². The third-order valence-electron chi connectivity index (χ3n) is 3.30. The number of rotatable bonds is 5. The van der Waals surface area contributed by atoms with Crippen molar-refractivity contribution < 1.29 is 4.39 Å². The first-order chi connectivity index (χ1) is 8.26. The Morgan fingerprint density at radius 1 is 1.44 bits per heavy atom. The maximum Gasteiger partial charge on any atom is 0.124 e. The highest BCUT2D eigenvalue weighted by atomic mass is 35.5. The van der Waals surface area contributed by atoms with Gasteiger partial charge in [-0.05, 0) is 43.6 Å². The van der Waals surface area contributed by atoms with Gasteiger partial charge in [-0.15, -0.1) is 0 Å². The molecule has 1 aromatic carbocycles. The Bertz CT molecular complexity index is 407. The lowest BCUT2D eigenvalue weighted by Crippen LogP contribution is -2.38. The van der Waals surface area contributed by atoms with E-state index < -0.39 is 0 Å². The lowest BCUT2D eigenvalue weighted by molar-refractivity contribution is 0.174. The molecule has 0 aliphatic rings. The van der Waals surface area contributed by atoms with Gasteiger partial charge in [-0.25, -0.2) is 4.39 Å². The summed E-state index contributed by atoms with van der Waals surface area (Å²) in [5.74, 6) is -0.305. The summed E-state index contributed by atoms with van der Waals surface area (Å²) in [5.41, 5.74) is 6.73. The van der Waals surface area contributed by atoms with Gasteiger partial charge >= 0.3 is 0 Å². The molecule has 0 radical (unpaired) electrons. The number of nitrogens with two attached hydrogens (primary N) is 1. The lowest BCUT2D eigenvalue weighted by atomic mass is 9.92. The Hall–Kier alpha value is -0.640. The van der Waals surface area contributed by atoms with E-state index in [-0.39, 0.29) is 17.3 Å². The fourth-order valence-corrected chi connectivity index (χ4v) is 2.28. The average molecular weight is 273 g/mol. The van der Waals surface area contributed by atoms with Gasteiger partial charge in [0, 0.05) is 17.6 Å². The van der Waals surface area contributed by atoms with Crippen LogP contribution in [0.15, 0.2) is 18.2 Å². The summed E-state index contributed by atoms with van der Waals surface area (Å²) < 4.78 is 13.0. The number of hydrogen-bond donors (Lipinski definition) is 1. The van der Waals surface area contributed by atoms with E-state index in [4.69, 9.17) is 17.3 Å². The van der Waals surface area contributed by atoms with Gasteiger partial charge in [-0.3, -0.25) is 4.90 Å². The minimum Gasteiger partial charge on any atom is -0.330 e. The summed E-state index contributed by atoms with van der Waals surface area (Å²) in [7, 11) is 2.03.